The summed E-state index contributed by atoms with van der Waals surface area (Å²) in [7, 11) is 0. The molecular weight excluding hydrogens is 524 g/mol. The summed E-state index contributed by atoms with van der Waals surface area (Å²) < 4.78 is 0. The summed E-state index contributed by atoms with van der Waals surface area (Å²) in [5.74, 6) is 0.183. The Morgan fingerprint density at radius 3 is 1.12 bits per heavy atom. The van der Waals surface area contributed by atoms with Gasteiger partial charge in [0.15, 0.2) is 0 Å². The van der Waals surface area contributed by atoms with Crippen molar-refractivity contribution in [3.63, 3.8) is 0 Å². The molecule has 5 atom stereocenters. The molecular formula is C33H62O8. The fourth-order valence-electron chi connectivity index (χ4n) is 5.08. The van der Waals surface area contributed by atoms with E-state index in [-0.39, 0.29) is 36.6 Å². The Kier molecular flexibility index (Phi) is 25.7. The third-order valence-corrected chi connectivity index (χ3v) is 7.78. The van der Waals surface area contributed by atoms with Crippen LogP contribution in [0.4, 0.5) is 0 Å². The Bertz CT molecular complexity index is 668. The molecule has 8 heteroatoms. The van der Waals surface area contributed by atoms with Gasteiger partial charge in [0.25, 0.3) is 0 Å². The lowest BCUT2D eigenvalue weighted by Crippen LogP contribution is -2.16. The van der Waals surface area contributed by atoms with Crippen LogP contribution in [0.1, 0.15) is 162 Å². The minimum Gasteiger partial charge on any atom is -0.393 e. The molecule has 0 aliphatic carbocycles. The van der Waals surface area contributed by atoms with E-state index < -0.39 is 30.5 Å². The molecule has 0 aromatic heterocycles. The van der Waals surface area contributed by atoms with E-state index in [1.54, 1.807) is 0 Å². The Balaban J connectivity index is 3.70. The van der Waals surface area contributed by atoms with Crippen LogP contribution in [0.2, 0.25) is 0 Å². The Labute approximate surface area is 249 Å². The molecule has 0 aromatic rings. The SMILES string of the molecule is CCCCC(O)CC(=O)CCCCCC(O)CC(=O)CCCCCC(O)CC(=O)CCCCCC(O)CC(O)CC. The molecule has 0 saturated heterocycles. The maximum Gasteiger partial charge on any atom is 0.135 e. The van der Waals surface area contributed by atoms with Crippen LogP contribution in [0.3, 0.4) is 0 Å². The standard InChI is InChI=1S/C33H62O8/c1-3-5-15-27(35)23-29(37)17-11-7-12-19-31(39)25-33(41)21-14-8-13-20-32(40)24-30(38)18-10-6-9-16-28(36)22-26(34)4-2/h26-28,31-32,34-36,39-40H,3-25H2,1-2H3. The molecule has 0 aliphatic heterocycles. The van der Waals surface area contributed by atoms with Crippen LogP contribution >= 0.6 is 0 Å². The summed E-state index contributed by atoms with van der Waals surface area (Å²) in [6, 6.07) is 0. The third-order valence-electron chi connectivity index (χ3n) is 7.78. The van der Waals surface area contributed by atoms with Crippen LogP contribution in [0.5, 0.6) is 0 Å². The summed E-state index contributed by atoms with van der Waals surface area (Å²) in [6.07, 6.45) is 11.4. The summed E-state index contributed by atoms with van der Waals surface area (Å²) in [4.78, 5) is 36.1. The molecule has 0 radical (unpaired) electrons. The van der Waals surface area contributed by atoms with Crippen molar-refractivity contribution in [3.8, 4) is 0 Å². The molecule has 5 unspecified atom stereocenters. The second-order valence-corrected chi connectivity index (χ2v) is 12.1. The molecule has 0 heterocycles. The van der Waals surface area contributed by atoms with E-state index in [9.17, 15) is 39.9 Å². The molecule has 0 bridgehead atoms. The molecule has 0 spiro atoms. The molecule has 0 fully saturated rings. The Morgan fingerprint density at radius 1 is 0.439 bits per heavy atom. The van der Waals surface area contributed by atoms with Crippen molar-refractivity contribution < 1.29 is 39.9 Å². The molecule has 242 valence electrons. The lowest BCUT2D eigenvalue weighted by molar-refractivity contribution is -0.122. The smallest absolute Gasteiger partial charge is 0.135 e. The predicted molar refractivity (Wildman–Crippen MR) is 163 cm³/mol. The predicted octanol–water partition coefficient (Wildman–Crippen LogP) is 5.51. The fraction of sp³-hybridized carbons (Fsp3) is 0.909. The van der Waals surface area contributed by atoms with Crippen LogP contribution in [-0.2, 0) is 14.4 Å². The van der Waals surface area contributed by atoms with Gasteiger partial charge in [-0.1, -0.05) is 65.2 Å². The fourth-order valence-corrected chi connectivity index (χ4v) is 5.08. The number of carbonyl (C=O) groups excluding carboxylic acids is 3. The molecule has 0 saturated carbocycles. The zero-order chi connectivity index (χ0) is 30.9. The molecule has 41 heavy (non-hydrogen) atoms. The number of carbonyl (C=O) groups is 3. The van der Waals surface area contributed by atoms with E-state index in [1.165, 1.54) is 0 Å². The first kappa shape index (κ1) is 39.8. The van der Waals surface area contributed by atoms with Gasteiger partial charge < -0.3 is 25.5 Å². The van der Waals surface area contributed by atoms with E-state index in [1.807, 2.05) is 6.92 Å². The van der Waals surface area contributed by atoms with Gasteiger partial charge in [-0.05, 0) is 57.8 Å². The molecule has 0 aromatic carbocycles. The summed E-state index contributed by atoms with van der Waals surface area (Å²) in [5, 5.41) is 49.5. The van der Waals surface area contributed by atoms with Crippen LogP contribution in [0, 0.1) is 0 Å². The van der Waals surface area contributed by atoms with Crippen LogP contribution in [-0.4, -0.2) is 73.4 Å². The van der Waals surface area contributed by atoms with E-state index in [0.29, 0.717) is 64.2 Å². The molecule has 0 aliphatic rings. The van der Waals surface area contributed by atoms with Crippen molar-refractivity contribution >= 4 is 17.3 Å². The van der Waals surface area contributed by atoms with Crippen molar-refractivity contribution in [3.05, 3.63) is 0 Å². The highest BCUT2D eigenvalue weighted by Gasteiger charge is 2.14. The van der Waals surface area contributed by atoms with Gasteiger partial charge in [-0.15, -0.1) is 0 Å². The van der Waals surface area contributed by atoms with Gasteiger partial charge in [-0.25, -0.2) is 0 Å². The van der Waals surface area contributed by atoms with Gasteiger partial charge in [-0.2, -0.15) is 0 Å². The highest BCUT2D eigenvalue weighted by Crippen LogP contribution is 2.16. The molecule has 0 rings (SSSR count). The number of ketones is 3. The average molecular weight is 587 g/mol. The number of aliphatic hydroxyl groups excluding tert-OH is 5. The molecule has 5 N–H and O–H groups in total. The van der Waals surface area contributed by atoms with Gasteiger partial charge in [0, 0.05) is 38.5 Å². The van der Waals surface area contributed by atoms with Crippen molar-refractivity contribution in [1.82, 2.24) is 0 Å². The molecule has 0 amide bonds. The number of rotatable bonds is 30. The topological polar surface area (TPSA) is 152 Å². The quantitative estimate of drug-likeness (QED) is 0.0691. The first-order valence-electron chi connectivity index (χ1n) is 16.5. The Morgan fingerprint density at radius 2 is 0.780 bits per heavy atom. The highest BCUT2D eigenvalue weighted by atomic mass is 16.3. The van der Waals surface area contributed by atoms with Crippen LogP contribution in [0.15, 0.2) is 0 Å². The first-order valence-corrected chi connectivity index (χ1v) is 16.5. The second-order valence-electron chi connectivity index (χ2n) is 12.1. The van der Waals surface area contributed by atoms with Crippen molar-refractivity contribution in [1.29, 1.82) is 0 Å². The van der Waals surface area contributed by atoms with Gasteiger partial charge in [0.1, 0.15) is 17.3 Å². The van der Waals surface area contributed by atoms with E-state index in [2.05, 4.69) is 6.92 Å². The van der Waals surface area contributed by atoms with E-state index in [0.717, 1.165) is 64.2 Å². The average Bonchev–Trinajstić information content (AvgIpc) is 2.91. The van der Waals surface area contributed by atoms with Crippen molar-refractivity contribution in [2.75, 3.05) is 0 Å². The lowest BCUT2D eigenvalue weighted by Gasteiger charge is -2.14. The normalized spacial score (nSPS) is 15.3. The summed E-state index contributed by atoms with van der Waals surface area (Å²) in [6.45, 7) is 3.94. The largest absolute Gasteiger partial charge is 0.393 e. The zero-order valence-electron chi connectivity index (χ0n) is 26.1. The number of hydrogen-bond acceptors (Lipinski definition) is 8. The van der Waals surface area contributed by atoms with Gasteiger partial charge in [-0.3, -0.25) is 14.4 Å². The monoisotopic (exact) mass is 586 g/mol. The highest BCUT2D eigenvalue weighted by molar-refractivity contribution is 5.79. The number of hydrogen-bond donors (Lipinski definition) is 5. The zero-order valence-corrected chi connectivity index (χ0v) is 26.1. The van der Waals surface area contributed by atoms with Crippen LogP contribution in [0.25, 0.3) is 0 Å². The maximum atomic E-state index is 12.1. The minimum atomic E-state index is -0.654. The van der Waals surface area contributed by atoms with E-state index in [4.69, 9.17) is 0 Å². The van der Waals surface area contributed by atoms with Gasteiger partial charge in [0.2, 0.25) is 0 Å². The van der Waals surface area contributed by atoms with Crippen LogP contribution < -0.4 is 0 Å². The van der Waals surface area contributed by atoms with Gasteiger partial charge in [0.05, 0.1) is 30.5 Å². The summed E-state index contributed by atoms with van der Waals surface area (Å²) >= 11 is 0. The van der Waals surface area contributed by atoms with Gasteiger partial charge >= 0.3 is 0 Å². The van der Waals surface area contributed by atoms with Crippen molar-refractivity contribution in [2.24, 2.45) is 0 Å². The number of unbranched alkanes of at least 4 members (excludes halogenated alkanes) is 7. The number of Topliss-reactive ketones (excluding diaryl/α,β-unsaturated/α-hetero) is 3. The minimum absolute atomic E-state index is 0.0403. The van der Waals surface area contributed by atoms with Crippen molar-refractivity contribution in [2.45, 2.75) is 192 Å². The maximum absolute atomic E-state index is 12.1. The lowest BCUT2D eigenvalue weighted by atomic mass is 9.99. The number of aliphatic hydroxyl groups is 5. The third kappa shape index (κ3) is 26.2. The second kappa shape index (κ2) is 26.4. The Hall–Kier alpha value is -1.19. The van der Waals surface area contributed by atoms with E-state index >= 15 is 0 Å². The summed E-state index contributed by atoms with van der Waals surface area (Å²) in [5.41, 5.74) is 0. The molecule has 8 nitrogen and oxygen atoms in total. The first-order chi connectivity index (χ1) is 19.6.